The van der Waals surface area contributed by atoms with Crippen LogP contribution in [0.25, 0.3) is 0 Å². The van der Waals surface area contributed by atoms with Gasteiger partial charge in [-0.3, -0.25) is 14.7 Å². The Labute approximate surface area is 169 Å². The van der Waals surface area contributed by atoms with Crippen molar-refractivity contribution in [1.29, 1.82) is 0 Å². The van der Waals surface area contributed by atoms with E-state index in [9.17, 15) is 14.5 Å². The van der Waals surface area contributed by atoms with Crippen LogP contribution in [0, 0.1) is 15.9 Å². The fourth-order valence-electron chi connectivity index (χ4n) is 2.30. The number of rotatable bonds is 8. The van der Waals surface area contributed by atoms with Crippen molar-refractivity contribution in [3.8, 4) is 5.75 Å². The maximum atomic E-state index is 13.7. The van der Waals surface area contributed by atoms with E-state index in [1.54, 1.807) is 28.8 Å². The first-order valence-corrected chi connectivity index (χ1v) is 9.21. The van der Waals surface area contributed by atoms with Gasteiger partial charge in [-0.05, 0) is 30.0 Å². The Balaban J connectivity index is 1.81. The van der Waals surface area contributed by atoms with Crippen molar-refractivity contribution >= 4 is 29.1 Å². The largest absolute Gasteiger partial charge is 0.483 e. The molecular formula is C18H14ClFN4O3S. The lowest BCUT2D eigenvalue weighted by atomic mass is 10.3. The summed E-state index contributed by atoms with van der Waals surface area (Å²) in [5, 5.41) is 19.8. The lowest BCUT2D eigenvalue weighted by Gasteiger charge is -2.10. The predicted octanol–water partition coefficient (Wildman–Crippen LogP) is 4.90. The average molecular weight is 421 g/mol. The molecule has 1 aromatic heterocycles. The third-order valence-corrected chi connectivity index (χ3v) is 5.11. The summed E-state index contributed by atoms with van der Waals surface area (Å²) in [6.07, 6.45) is 1.66. The monoisotopic (exact) mass is 420 g/mol. The molecule has 0 aliphatic heterocycles. The van der Waals surface area contributed by atoms with E-state index >= 15 is 0 Å². The number of para-hydroxylation sites is 1. The molecule has 144 valence electrons. The molecule has 0 radical (unpaired) electrons. The lowest BCUT2D eigenvalue weighted by Crippen LogP contribution is -2.08. The minimum atomic E-state index is -0.515. The molecule has 0 aliphatic rings. The van der Waals surface area contributed by atoms with E-state index in [1.165, 1.54) is 36.0 Å². The third kappa shape index (κ3) is 4.49. The van der Waals surface area contributed by atoms with Crippen LogP contribution in [-0.2, 0) is 13.2 Å². The molecule has 3 aromatic rings. The van der Waals surface area contributed by atoms with Crippen molar-refractivity contribution in [2.75, 3.05) is 0 Å². The van der Waals surface area contributed by atoms with Gasteiger partial charge in [0.1, 0.15) is 6.61 Å². The van der Waals surface area contributed by atoms with E-state index in [0.717, 1.165) is 0 Å². The Hall–Kier alpha value is -2.91. The minimum Gasteiger partial charge on any atom is -0.483 e. The van der Waals surface area contributed by atoms with Crippen molar-refractivity contribution in [3.63, 3.8) is 0 Å². The molecule has 28 heavy (non-hydrogen) atoms. The molecule has 3 rings (SSSR count). The van der Waals surface area contributed by atoms with Crippen LogP contribution in [-0.4, -0.2) is 19.7 Å². The van der Waals surface area contributed by atoms with Crippen LogP contribution in [0.15, 0.2) is 65.2 Å². The van der Waals surface area contributed by atoms with Gasteiger partial charge in [-0.15, -0.1) is 16.8 Å². The number of hydrogen-bond donors (Lipinski definition) is 0. The van der Waals surface area contributed by atoms with Crippen LogP contribution in [0.4, 0.5) is 10.1 Å². The summed E-state index contributed by atoms with van der Waals surface area (Å²) in [6, 6.07) is 10.3. The van der Waals surface area contributed by atoms with Gasteiger partial charge < -0.3 is 4.74 Å². The number of aromatic nitrogens is 3. The Morgan fingerprint density at radius 3 is 2.79 bits per heavy atom. The van der Waals surface area contributed by atoms with Crippen LogP contribution < -0.4 is 4.74 Å². The zero-order valence-electron chi connectivity index (χ0n) is 14.4. The van der Waals surface area contributed by atoms with Gasteiger partial charge in [0, 0.05) is 23.6 Å². The normalized spacial score (nSPS) is 10.6. The van der Waals surface area contributed by atoms with Gasteiger partial charge in [-0.1, -0.05) is 29.8 Å². The van der Waals surface area contributed by atoms with Gasteiger partial charge in [0.2, 0.25) is 0 Å². The first-order valence-electron chi connectivity index (χ1n) is 8.01. The van der Waals surface area contributed by atoms with E-state index < -0.39 is 10.7 Å². The van der Waals surface area contributed by atoms with Gasteiger partial charge in [-0.2, -0.15) is 0 Å². The summed E-state index contributed by atoms with van der Waals surface area (Å²) in [7, 11) is 0. The van der Waals surface area contributed by atoms with Crippen molar-refractivity contribution < 1.29 is 14.1 Å². The Kier molecular flexibility index (Phi) is 6.27. The second kappa shape index (κ2) is 8.85. The van der Waals surface area contributed by atoms with E-state index in [2.05, 4.69) is 16.8 Å². The predicted molar refractivity (Wildman–Crippen MR) is 103 cm³/mol. The standard InChI is InChI=1S/C18H14ClFN4O3S/c1-2-9-23-17(11-27-15-6-4-3-5-14(15)20)21-22-18(23)28-16-8-7-12(24(25)26)10-13(16)19/h2-8,10H,1,9,11H2. The molecule has 0 saturated carbocycles. The Morgan fingerprint density at radius 2 is 2.11 bits per heavy atom. The quantitative estimate of drug-likeness (QED) is 0.293. The highest BCUT2D eigenvalue weighted by Crippen LogP contribution is 2.35. The summed E-state index contributed by atoms with van der Waals surface area (Å²) in [4.78, 5) is 10.9. The van der Waals surface area contributed by atoms with E-state index in [1.807, 2.05) is 0 Å². The number of ether oxygens (including phenoxy) is 1. The maximum absolute atomic E-state index is 13.7. The molecule has 0 spiro atoms. The molecule has 0 N–H and O–H groups in total. The first kappa shape index (κ1) is 19.8. The number of non-ortho nitro benzene ring substituents is 1. The summed E-state index contributed by atoms with van der Waals surface area (Å²) in [6.45, 7) is 4.13. The number of allylic oxidation sites excluding steroid dienone is 1. The van der Waals surface area contributed by atoms with Crippen LogP contribution in [0.2, 0.25) is 5.02 Å². The zero-order chi connectivity index (χ0) is 20.1. The molecule has 0 unspecified atom stereocenters. The first-order chi connectivity index (χ1) is 13.5. The van der Waals surface area contributed by atoms with Gasteiger partial charge in [0.25, 0.3) is 5.69 Å². The highest BCUT2D eigenvalue weighted by Gasteiger charge is 2.17. The van der Waals surface area contributed by atoms with Crippen molar-refractivity contribution in [2.45, 2.75) is 23.2 Å². The van der Waals surface area contributed by atoms with Gasteiger partial charge in [0.05, 0.1) is 9.95 Å². The van der Waals surface area contributed by atoms with Crippen molar-refractivity contribution in [1.82, 2.24) is 14.8 Å². The summed E-state index contributed by atoms with van der Waals surface area (Å²) in [5.74, 6) is 0.122. The number of benzene rings is 2. The smallest absolute Gasteiger partial charge is 0.270 e. The van der Waals surface area contributed by atoms with Crippen molar-refractivity contribution in [3.05, 3.63) is 81.9 Å². The summed E-state index contributed by atoms with van der Waals surface area (Å²) < 4.78 is 21.0. The maximum Gasteiger partial charge on any atom is 0.270 e. The molecule has 0 amide bonds. The van der Waals surface area contributed by atoms with Crippen molar-refractivity contribution in [2.24, 2.45) is 0 Å². The van der Waals surface area contributed by atoms with E-state index in [-0.39, 0.29) is 23.1 Å². The van der Waals surface area contributed by atoms with E-state index in [0.29, 0.717) is 22.4 Å². The van der Waals surface area contributed by atoms with Crippen LogP contribution in [0.1, 0.15) is 5.82 Å². The molecule has 0 aliphatic carbocycles. The highest BCUT2D eigenvalue weighted by molar-refractivity contribution is 7.99. The van der Waals surface area contributed by atoms with E-state index in [4.69, 9.17) is 16.3 Å². The Morgan fingerprint density at radius 1 is 1.32 bits per heavy atom. The molecule has 10 heteroatoms. The highest BCUT2D eigenvalue weighted by atomic mass is 35.5. The van der Waals surface area contributed by atoms with Crippen LogP contribution in [0.3, 0.4) is 0 Å². The molecule has 7 nitrogen and oxygen atoms in total. The third-order valence-electron chi connectivity index (χ3n) is 3.63. The Bertz CT molecular complexity index is 1030. The average Bonchev–Trinajstić information content (AvgIpc) is 3.04. The number of nitro groups is 1. The zero-order valence-corrected chi connectivity index (χ0v) is 16.0. The second-order valence-electron chi connectivity index (χ2n) is 5.49. The molecule has 0 saturated heterocycles. The van der Waals surface area contributed by atoms with Gasteiger partial charge in [-0.25, -0.2) is 4.39 Å². The molecule has 0 bridgehead atoms. The SMILES string of the molecule is C=CCn1c(COc2ccccc2F)nnc1Sc1ccc([N+](=O)[O-])cc1Cl. The molecule has 0 fully saturated rings. The fourth-order valence-corrected chi connectivity index (χ4v) is 3.45. The number of nitrogens with zero attached hydrogens (tertiary/aromatic N) is 4. The molecular weight excluding hydrogens is 407 g/mol. The lowest BCUT2D eigenvalue weighted by molar-refractivity contribution is -0.384. The van der Waals surface area contributed by atoms with Crippen LogP contribution >= 0.6 is 23.4 Å². The van der Waals surface area contributed by atoms with Gasteiger partial charge in [0.15, 0.2) is 22.5 Å². The number of nitro benzene ring substituents is 1. The fraction of sp³-hybridized carbons (Fsp3) is 0.111. The number of hydrogen-bond acceptors (Lipinski definition) is 6. The molecule has 0 atom stereocenters. The number of halogens is 2. The van der Waals surface area contributed by atoms with Gasteiger partial charge >= 0.3 is 0 Å². The molecule has 1 heterocycles. The second-order valence-corrected chi connectivity index (χ2v) is 6.91. The topological polar surface area (TPSA) is 83.1 Å². The minimum absolute atomic E-state index is 0.0102. The summed E-state index contributed by atoms with van der Waals surface area (Å²) in [5.41, 5.74) is -0.0964. The summed E-state index contributed by atoms with van der Waals surface area (Å²) >= 11 is 7.35. The van der Waals surface area contributed by atoms with Crippen LogP contribution in [0.5, 0.6) is 5.75 Å². The molecule has 2 aromatic carbocycles.